The number of benzene rings is 8. The molecule has 0 heterocycles. The van der Waals surface area contributed by atoms with Crippen LogP contribution in [-0.2, 0) is 6.61 Å². The smallest absolute Gasteiger partial charge is 0.142 e. The molecule has 278 valence electrons. The van der Waals surface area contributed by atoms with Crippen molar-refractivity contribution in [2.24, 2.45) is 0 Å². The van der Waals surface area contributed by atoms with E-state index in [-0.39, 0.29) is 0 Å². The molecule has 3 nitrogen and oxygen atoms in total. The number of nitrogen functional groups attached to an aromatic ring is 1. The van der Waals surface area contributed by atoms with Crippen LogP contribution in [0.1, 0.15) is 33.3 Å². The van der Waals surface area contributed by atoms with Gasteiger partial charge in [0, 0.05) is 17.1 Å². The van der Waals surface area contributed by atoms with Crippen molar-refractivity contribution >= 4 is 22.7 Å². The molecule has 0 saturated carbocycles. The minimum atomic E-state index is 0.432. The Labute approximate surface area is 333 Å². The molecule has 8 aromatic carbocycles. The Morgan fingerprint density at radius 1 is 0.375 bits per heavy atom. The van der Waals surface area contributed by atoms with Crippen LogP contribution in [0, 0.1) is 0 Å². The molecule has 0 aliphatic heterocycles. The molecule has 0 aliphatic carbocycles. The van der Waals surface area contributed by atoms with Crippen LogP contribution >= 0.6 is 0 Å². The molecule has 2 N–H and O–H groups in total. The Kier molecular flexibility index (Phi) is 13.5. The van der Waals surface area contributed by atoms with Gasteiger partial charge in [0.15, 0.2) is 0 Å². The van der Waals surface area contributed by atoms with Crippen molar-refractivity contribution in [2.75, 3.05) is 10.6 Å². The van der Waals surface area contributed by atoms with E-state index in [1.807, 2.05) is 58.0 Å². The summed E-state index contributed by atoms with van der Waals surface area (Å²) in [6.07, 6.45) is 0. The van der Waals surface area contributed by atoms with E-state index in [4.69, 9.17) is 10.5 Å². The Balaban J connectivity index is 0.00000129. The summed E-state index contributed by atoms with van der Waals surface area (Å²) in [6, 6.07) is 72.1. The van der Waals surface area contributed by atoms with Crippen LogP contribution in [0.25, 0.3) is 44.5 Å². The largest absolute Gasteiger partial charge is 0.487 e. The monoisotopic (exact) mass is 730 g/mol. The molecule has 0 atom stereocenters. The van der Waals surface area contributed by atoms with Gasteiger partial charge in [-0.1, -0.05) is 185 Å². The zero-order valence-electron chi connectivity index (χ0n) is 32.8. The highest BCUT2D eigenvalue weighted by atomic mass is 16.5. The van der Waals surface area contributed by atoms with Crippen molar-refractivity contribution in [3.05, 3.63) is 212 Å². The van der Waals surface area contributed by atoms with Crippen LogP contribution in [-0.4, -0.2) is 0 Å². The number of nitrogens with two attached hydrogens (primary N) is 1. The first-order valence-electron chi connectivity index (χ1n) is 19.6. The molecular weight excluding hydrogens is 681 g/mol. The van der Waals surface area contributed by atoms with Crippen molar-refractivity contribution < 1.29 is 4.74 Å². The van der Waals surface area contributed by atoms with Crippen LogP contribution in [0.5, 0.6) is 5.75 Å². The Hall–Kier alpha value is -6.84. The van der Waals surface area contributed by atoms with Gasteiger partial charge in [0.1, 0.15) is 12.4 Å². The second kappa shape index (κ2) is 19.5. The average molecular weight is 731 g/mol. The van der Waals surface area contributed by atoms with Gasteiger partial charge in [-0.05, 0) is 98.6 Å². The van der Waals surface area contributed by atoms with Gasteiger partial charge in [-0.25, -0.2) is 0 Å². The summed E-state index contributed by atoms with van der Waals surface area (Å²) in [5, 5.41) is 0. The minimum absolute atomic E-state index is 0.432. The molecule has 0 aliphatic rings. The number of para-hydroxylation sites is 2. The predicted octanol–water partition coefficient (Wildman–Crippen LogP) is 15.0. The third-order valence-corrected chi connectivity index (χ3v) is 9.39. The quantitative estimate of drug-likeness (QED) is 0.142. The van der Waals surface area contributed by atoms with E-state index in [0.29, 0.717) is 18.0 Å². The van der Waals surface area contributed by atoms with E-state index in [1.54, 1.807) is 0 Å². The van der Waals surface area contributed by atoms with E-state index in [1.165, 1.54) is 27.8 Å². The third-order valence-electron chi connectivity index (χ3n) is 9.39. The molecule has 0 radical (unpaired) electrons. The Morgan fingerprint density at radius 2 is 0.768 bits per heavy atom. The number of hydrogen-bond donors (Lipinski definition) is 1. The fourth-order valence-corrected chi connectivity index (χ4v) is 6.76. The van der Waals surface area contributed by atoms with Gasteiger partial charge in [0.2, 0.25) is 0 Å². The fraction of sp³-hybridized carbons (Fsp3) is 0.0943. The molecule has 0 fully saturated rings. The lowest BCUT2D eigenvalue weighted by Gasteiger charge is -2.25. The first-order chi connectivity index (χ1) is 27.7. The summed E-state index contributed by atoms with van der Waals surface area (Å²) in [7, 11) is 0. The van der Waals surface area contributed by atoms with Gasteiger partial charge in [-0.3, -0.25) is 0 Å². The van der Waals surface area contributed by atoms with Crippen molar-refractivity contribution in [3.8, 4) is 50.3 Å². The van der Waals surface area contributed by atoms with Gasteiger partial charge in [-0.2, -0.15) is 0 Å². The molecule has 3 heteroatoms. The summed E-state index contributed by atoms with van der Waals surface area (Å²) in [6.45, 7) is 8.43. The maximum atomic E-state index is 6.39. The topological polar surface area (TPSA) is 38.5 Å². The summed E-state index contributed by atoms with van der Waals surface area (Å²) in [5.74, 6) is 0.687. The van der Waals surface area contributed by atoms with Crippen molar-refractivity contribution in [3.63, 3.8) is 0 Å². The van der Waals surface area contributed by atoms with Crippen LogP contribution in [0.3, 0.4) is 0 Å². The molecule has 56 heavy (non-hydrogen) atoms. The van der Waals surface area contributed by atoms with Crippen LogP contribution in [0.2, 0.25) is 0 Å². The zero-order valence-corrected chi connectivity index (χ0v) is 32.8. The van der Waals surface area contributed by atoms with E-state index in [0.717, 1.165) is 39.3 Å². The highest BCUT2D eigenvalue weighted by Gasteiger charge is 2.15. The van der Waals surface area contributed by atoms with Gasteiger partial charge in [0.05, 0.1) is 5.69 Å². The summed E-state index contributed by atoms with van der Waals surface area (Å²) >= 11 is 0. The standard InChI is InChI=1S/C49H38N2O.2C2H6/c50-48-34-40(37-14-4-1-5-15-37)30-33-49(48)52-35-36-24-26-38(27-25-36)44-20-10-12-22-46(44)47-23-13-11-21-45(47)39-28-31-43(32-29-39)51(41-16-6-2-7-17-41)42-18-8-3-9-19-42;2*1-2/h1-34H,35,50H2;2*1-2H3. The molecule has 0 amide bonds. The number of nitrogens with zero attached hydrogens (tertiary/aromatic N) is 1. The minimum Gasteiger partial charge on any atom is -0.487 e. The first-order valence-corrected chi connectivity index (χ1v) is 19.6. The van der Waals surface area contributed by atoms with E-state index in [9.17, 15) is 0 Å². The Morgan fingerprint density at radius 3 is 1.25 bits per heavy atom. The zero-order chi connectivity index (χ0) is 39.1. The number of ether oxygens (including phenoxy) is 1. The van der Waals surface area contributed by atoms with Gasteiger partial charge in [0.25, 0.3) is 0 Å². The first kappa shape index (κ1) is 38.9. The number of rotatable bonds is 10. The van der Waals surface area contributed by atoms with Crippen LogP contribution in [0.15, 0.2) is 206 Å². The molecule has 0 aromatic heterocycles. The molecule has 0 unspecified atom stereocenters. The molecule has 0 saturated heterocycles. The summed E-state index contributed by atoms with van der Waals surface area (Å²) < 4.78 is 6.16. The maximum absolute atomic E-state index is 6.39. The Bertz CT molecular complexity index is 2350. The van der Waals surface area contributed by atoms with Crippen molar-refractivity contribution in [2.45, 2.75) is 34.3 Å². The maximum Gasteiger partial charge on any atom is 0.142 e. The second-order valence-electron chi connectivity index (χ2n) is 12.7. The van der Waals surface area contributed by atoms with Crippen molar-refractivity contribution in [1.29, 1.82) is 0 Å². The molecule has 0 bridgehead atoms. The van der Waals surface area contributed by atoms with Gasteiger partial charge >= 0.3 is 0 Å². The lowest BCUT2D eigenvalue weighted by molar-refractivity contribution is 0.308. The van der Waals surface area contributed by atoms with E-state index < -0.39 is 0 Å². The molecule has 0 spiro atoms. The van der Waals surface area contributed by atoms with Gasteiger partial charge < -0.3 is 15.4 Å². The molecule has 8 rings (SSSR count). The number of hydrogen-bond acceptors (Lipinski definition) is 3. The highest BCUT2D eigenvalue weighted by molar-refractivity contribution is 5.92. The predicted molar refractivity (Wildman–Crippen MR) is 241 cm³/mol. The lowest BCUT2D eigenvalue weighted by Crippen LogP contribution is -2.09. The van der Waals surface area contributed by atoms with E-state index in [2.05, 4.69) is 181 Å². The highest BCUT2D eigenvalue weighted by Crippen LogP contribution is 2.40. The normalized spacial score (nSPS) is 10.3. The van der Waals surface area contributed by atoms with E-state index >= 15 is 0 Å². The number of anilines is 4. The molecule has 8 aromatic rings. The molecular formula is C53H50N2O. The van der Waals surface area contributed by atoms with Crippen LogP contribution in [0.4, 0.5) is 22.7 Å². The van der Waals surface area contributed by atoms with Gasteiger partial charge in [-0.15, -0.1) is 0 Å². The summed E-state index contributed by atoms with van der Waals surface area (Å²) in [5.41, 5.74) is 20.7. The second-order valence-corrected chi connectivity index (χ2v) is 12.7. The lowest BCUT2D eigenvalue weighted by atomic mass is 9.89. The van der Waals surface area contributed by atoms with Crippen LogP contribution < -0.4 is 15.4 Å². The third kappa shape index (κ3) is 9.09. The SMILES string of the molecule is CC.CC.Nc1cc(-c2ccccc2)ccc1OCc1ccc(-c2ccccc2-c2ccccc2-c2ccc(N(c3ccccc3)c3ccccc3)cc2)cc1. The van der Waals surface area contributed by atoms with Crippen molar-refractivity contribution in [1.82, 2.24) is 0 Å². The fourth-order valence-electron chi connectivity index (χ4n) is 6.76. The summed E-state index contributed by atoms with van der Waals surface area (Å²) in [4.78, 5) is 2.29. The average Bonchev–Trinajstić information content (AvgIpc) is 3.29.